The molecule has 132 valence electrons. The zero-order valence-corrected chi connectivity index (χ0v) is 14.2. The molecular formula is C17H12ClN3O5. The van der Waals surface area contributed by atoms with E-state index in [1.807, 2.05) is 6.07 Å². The topological polar surface area (TPSA) is 122 Å². The molecule has 0 radical (unpaired) electrons. The van der Waals surface area contributed by atoms with Gasteiger partial charge >= 0.3 is 5.97 Å². The predicted octanol–water partition coefficient (Wildman–Crippen LogP) is 3.30. The number of nitrogens with zero attached hydrogens (tertiary/aromatic N) is 2. The fourth-order valence-electron chi connectivity index (χ4n) is 1.93. The number of non-ortho nitro benzene ring substituents is 1. The predicted molar refractivity (Wildman–Crippen MR) is 92.8 cm³/mol. The van der Waals surface area contributed by atoms with E-state index in [1.54, 1.807) is 0 Å². The lowest BCUT2D eigenvalue weighted by Crippen LogP contribution is -2.30. The second-order valence-electron chi connectivity index (χ2n) is 5.15. The first-order valence-electron chi connectivity index (χ1n) is 7.27. The van der Waals surface area contributed by atoms with Crippen molar-refractivity contribution in [2.75, 3.05) is 5.32 Å². The van der Waals surface area contributed by atoms with E-state index in [0.717, 1.165) is 18.2 Å². The smallest absolute Gasteiger partial charge is 0.340 e. The van der Waals surface area contributed by atoms with Crippen LogP contribution in [0.1, 0.15) is 22.8 Å². The molecule has 0 saturated heterocycles. The van der Waals surface area contributed by atoms with Crippen LogP contribution in [0.4, 0.5) is 11.4 Å². The number of anilines is 1. The zero-order valence-electron chi connectivity index (χ0n) is 13.4. The number of amides is 1. The molecule has 0 aliphatic rings. The first kappa shape index (κ1) is 18.9. The van der Waals surface area contributed by atoms with Crippen LogP contribution in [0.25, 0.3) is 0 Å². The molecule has 0 saturated carbocycles. The second kappa shape index (κ2) is 8.09. The van der Waals surface area contributed by atoms with Gasteiger partial charge in [-0.25, -0.2) is 4.79 Å². The lowest BCUT2D eigenvalue weighted by atomic mass is 10.2. The number of hydrogen-bond donors (Lipinski definition) is 1. The number of halogens is 1. The molecule has 0 aliphatic carbocycles. The monoisotopic (exact) mass is 373 g/mol. The van der Waals surface area contributed by atoms with Crippen molar-refractivity contribution in [1.29, 1.82) is 5.26 Å². The van der Waals surface area contributed by atoms with Crippen molar-refractivity contribution in [1.82, 2.24) is 0 Å². The molecule has 0 heterocycles. The number of benzene rings is 2. The highest BCUT2D eigenvalue weighted by Crippen LogP contribution is 2.23. The summed E-state index contributed by atoms with van der Waals surface area (Å²) in [6.07, 6.45) is -1.13. The van der Waals surface area contributed by atoms with Gasteiger partial charge in [-0.1, -0.05) is 11.6 Å². The van der Waals surface area contributed by atoms with E-state index >= 15 is 0 Å². The molecule has 2 rings (SSSR count). The summed E-state index contributed by atoms with van der Waals surface area (Å²) in [5, 5.41) is 21.8. The van der Waals surface area contributed by atoms with Gasteiger partial charge in [0.25, 0.3) is 11.6 Å². The molecule has 2 aromatic rings. The molecule has 0 aromatic heterocycles. The van der Waals surface area contributed by atoms with Crippen LogP contribution in [0.2, 0.25) is 5.02 Å². The Morgan fingerprint density at radius 2 is 1.92 bits per heavy atom. The molecule has 26 heavy (non-hydrogen) atoms. The number of rotatable bonds is 5. The summed E-state index contributed by atoms with van der Waals surface area (Å²) >= 11 is 5.86. The quantitative estimate of drug-likeness (QED) is 0.487. The van der Waals surface area contributed by atoms with Crippen LogP contribution in [0.15, 0.2) is 42.5 Å². The lowest BCUT2D eigenvalue weighted by Gasteiger charge is -2.14. The van der Waals surface area contributed by atoms with Crippen molar-refractivity contribution in [2.24, 2.45) is 0 Å². The number of hydrogen-bond acceptors (Lipinski definition) is 6. The SMILES string of the molecule is C[C@@H](OC(=O)c1ccc([N+](=O)[O-])cc1Cl)C(=O)Nc1ccc(C#N)cc1. The number of ether oxygens (including phenoxy) is 1. The van der Waals surface area contributed by atoms with Crippen LogP contribution >= 0.6 is 11.6 Å². The van der Waals surface area contributed by atoms with Crippen molar-refractivity contribution in [3.63, 3.8) is 0 Å². The highest BCUT2D eigenvalue weighted by Gasteiger charge is 2.22. The number of carbonyl (C=O) groups excluding carboxylic acids is 2. The molecule has 0 spiro atoms. The van der Waals surface area contributed by atoms with E-state index in [0.29, 0.717) is 11.3 Å². The number of nitro groups is 1. The van der Waals surface area contributed by atoms with E-state index in [-0.39, 0.29) is 16.3 Å². The maximum Gasteiger partial charge on any atom is 0.340 e. The van der Waals surface area contributed by atoms with Gasteiger partial charge in [-0.15, -0.1) is 0 Å². The Morgan fingerprint density at radius 3 is 2.46 bits per heavy atom. The van der Waals surface area contributed by atoms with Crippen LogP contribution in [0.5, 0.6) is 0 Å². The molecule has 0 unspecified atom stereocenters. The van der Waals surface area contributed by atoms with Crippen molar-refractivity contribution < 1.29 is 19.2 Å². The molecule has 2 aromatic carbocycles. The highest BCUT2D eigenvalue weighted by molar-refractivity contribution is 6.33. The van der Waals surface area contributed by atoms with Crippen molar-refractivity contribution in [2.45, 2.75) is 13.0 Å². The minimum absolute atomic E-state index is 0.0877. The zero-order chi connectivity index (χ0) is 19.3. The lowest BCUT2D eigenvalue weighted by molar-refractivity contribution is -0.384. The fraction of sp³-hybridized carbons (Fsp3) is 0.118. The Morgan fingerprint density at radius 1 is 1.27 bits per heavy atom. The standard InChI is InChI=1S/C17H12ClN3O5/c1-10(16(22)20-12-4-2-11(9-19)3-5-12)26-17(23)14-7-6-13(21(24)25)8-15(14)18/h2-8,10H,1H3,(H,20,22)/t10-/m1/s1. The van der Waals surface area contributed by atoms with Crippen molar-refractivity contribution in [3.05, 3.63) is 68.7 Å². The van der Waals surface area contributed by atoms with Crippen molar-refractivity contribution >= 4 is 34.9 Å². The summed E-state index contributed by atoms with van der Waals surface area (Å²) in [5.74, 6) is -1.46. The highest BCUT2D eigenvalue weighted by atomic mass is 35.5. The minimum atomic E-state index is -1.13. The normalized spacial score (nSPS) is 11.1. The molecular weight excluding hydrogens is 362 g/mol. The maximum atomic E-state index is 12.1. The van der Waals surface area contributed by atoms with Gasteiger partial charge in [-0.05, 0) is 37.3 Å². The number of esters is 1. The number of carbonyl (C=O) groups is 2. The van der Waals surface area contributed by atoms with Gasteiger partial charge in [-0.2, -0.15) is 5.26 Å². The molecule has 8 nitrogen and oxygen atoms in total. The minimum Gasteiger partial charge on any atom is -0.449 e. The Hall–Kier alpha value is -3.44. The first-order valence-corrected chi connectivity index (χ1v) is 7.65. The van der Waals surface area contributed by atoms with Crippen LogP contribution in [0.3, 0.4) is 0 Å². The van der Waals surface area contributed by atoms with E-state index < -0.39 is 22.9 Å². The maximum absolute atomic E-state index is 12.1. The molecule has 1 N–H and O–H groups in total. The van der Waals surface area contributed by atoms with Crippen LogP contribution in [-0.4, -0.2) is 22.9 Å². The number of nitrogens with one attached hydrogen (secondary N) is 1. The largest absolute Gasteiger partial charge is 0.449 e. The molecule has 1 amide bonds. The van der Waals surface area contributed by atoms with Gasteiger partial charge in [0.05, 0.1) is 27.1 Å². The van der Waals surface area contributed by atoms with Gasteiger partial charge in [0.2, 0.25) is 0 Å². The van der Waals surface area contributed by atoms with Gasteiger partial charge in [0.1, 0.15) is 0 Å². The third kappa shape index (κ3) is 4.55. The molecule has 0 bridgehead atoms. The van der Waals surface area contributed by atoms with Gasteiger partial charge in [-0.3, -0.25) is 14.9 Å². The molecule has 0 aliphatic heterocycles. The third-order valence-corrected chi connectivity index (χ3v) is 3.63. The molecule has 9 heteroatoms. The third-order valence-electron chi connectivity index (χ3n) is 3.32. The summed E-state index contributed by atoms with van der Waals surface area (Å²) in [6, 6.07) is 11.4. The van der Waals surface area contributed by atoms with Crippen LogP contribution in [-0.2, 0) is 9.53 Å². The van der Waals surface area contributed by atoms with E-state index in [1.165, 1.54) is 31.2 Å². The van der Waals surface area contributed by atoms with Gasteiger partial charge in [0.15, 0.2) is 6.10 Å². The number of nitriles is 1. The van der Waals surface area contributed by atoms with E-state index in [4.69, 9.17) is 21.6 Å². The van der Waals surface area contributed by atoms with E-state index in [2.05, 4.69) is 5.32 Å². The first-order chi connectivity index (χ1) is 12.3. The number of nitro benzene ring substituents is 1. The fourth-order valence-corrected chi connectivity index (χ4v) is 2.18. The second-order valence-corrected chi connectivity index (χ2v) is 5.55. The van der Waals surface area contributed by atoms with Gasteiger partial charge in [0, 0.05) is 17.8 Å². The van der Waals surface area contributed by atoms with Crippen LogP contribution < -0.4 is 5.32 Å². The van der Waals surface area contributed by atoms with Crippen LogP contribution in [0, 0.1) is 21.4 Å². The summed E-state index contributed by atoms with van der Waals surface area (Å²) < 4.78 is 5.04. The Bertz CT molecular complexity index is 906. The Balaban J connectivity index is 2.02. The van der Waals surface area contributed by atoms with Crippen molar-refractivity contribution in [3.8, 4) is 6.07 Å². The summed E-state index contributed by atoms with van der Waals surface area (Å²) in [4.78, 5) is 34.2. The van der Waals surface area contributed by atoms with Gasteiger partial charge < -0.3 is 10.1 Å². The Labute approximate surface area is 153 Å². The average molecular weight is 374 g/mol. The molecule has 0 fully saturated rings. The molecule has 1 atom stereocenters. The summed E-state index contributed by atoms with van der Waals surface area (Å²) in [7, 11) is 0. The average Bonchev–Trinajstić information content (AvgIpc) is 2.61. The summed E-state index contributed by atoms with van der Waals surface area (Å²) in [5.41, 5.74) is 0.522. The Kier molecular flexibility index (Phi) is 5.88. The summed E-state index contributed by atoms with van der Waals surface area (Å²) in [6.45, 7) is 1.37. The van der Waals surface area contributed by atoms with E-state index in [9.17, 15) is 19.7 Å².